The zero-order valence-electron chi connectivity index (χ0n) is 18.3. The Morgan fingerprint density at radius 3 is 2.35 bits per heavy atom. The van der Waals surface area contributed by atoms with Gasteiger partial charge in [-0.25, -0.2) is 8.42 Å². The summed E-state index contributed by atoms with van der Waals surface area (Å²) in [6.07, 6.45) is 4.82. The van der Waals surface area contributed by atoms with Gasteiger partial charge in [-0.2, -0.15) is 4.31 Å². The Kier molecular flexibility index (Phi) is 6.30. The number of carbonyl (C=O) groups excluding carboxylic acids is 1. The number of hydrogen-bond acceptors (Lipinski definition) is 3. The Bertz CT molecular complexity index is 1170. The zero-order chi connectivity index (χ0) is 22.0. The monoisotopic (exact) mass is 438 g/mol. The zero-order valence-corrected chi connectivity index (χ0v) is 19.1. The molecule has 0 N–H and O–H groups in total. The molecule has 6 heteroatoms. The summed E-state index contributed by atoms with van der Waals surface area (Å²) in [7, 11) is -3.40. The van der Waals surface area contributed by atoms with E-state index in [-0.39, 0.29) is 5.78 Å². The van der Waals surface area contributed by atoms with Crippen LogP contribution < -0.4 is 0 Å². The van der Waals surface area contributed by atoms with Crippen molar-refractivity contribution in [3.8, 4) is 0 Å². The van der Waals surface area contributed by atoms with E-state index in [1.54, 1.807) is 16.4 Å². The van der Waals surface area contributed by atoms with E-state index in [4.69, 9.17) is 0 Å². The molecule has 1 aliphatic heterocycles. The van der Waals surface area contributed by atoms with Crippen LogP contribution in [0.4, 0.5) is 0 Å². The van der Waals surface area contributed by atoms with Crippen molar-refractivity contribution < 1.29 is 13.2 Å². The van der Waals surface area contributed by atoms with E-state index in [0.717, 1.165) is 41.4 Å². The van der Waals surface area contributed by atoms with Gasteiger partial charge in [0, 0.05) is 48.7 Å². The van der Waals surface area contributed by atoms with Crippen molar-refractivity contribution in [2.75, 3.05) is 13.1 Å². The summed E-state index contributed by atoms with van der Waals surface area (Å²) < 4.78 is 29.1. The molecule has 1 aromatic heterocycles. The van der Waals surface area contributed by atoms with Crippen LogP contribution in [0.25, 0.3) is 10.9 Å². The first kappa shape index (κ1) is 21.8. The van der Waals surface area contributed by atoms with E-state index < -0.39 is 10.0 Å². The van der Waals surface area contributed by atoms with E-state index in [1.165, 1.54) is 0 Å². The molecule has 0 amide bonds. The van der Waals surface area contributed by atoms with Gasteiger partial charge in [-0.1, -0.05) is 44.2 Å². The number of rotatable bonds is 8. The highest BCUT2D eigenvalue weighted by atomic mass is 32.2. The fourth-order valence-corrected chi connectivity index (χ4v) is 5.83. The van der Waals surface area contributed by atoms with E-state index >= 15 is 0 Å². The molecular formula is C25H30N2O3S. The van der Waals surface area contributed by atoms with Gasteiger partial charge < -0.3 is 4.57 Å². The molecule has 1 fully saturated rings. The fraction of sp³-hybridized carbons (Fsp3) is 0.400. The number of sulfonamides is 1. The predicted octanol–water partition coefficient (Wildman–Crippen LogP) is 4.90. The second-order valence-electron chi connectivity index (χ2n) is 8.78. The lowest BCUT2D eigenvalue weighted by Gasteiger charge is -2.15. The number of para-hydroxylation sites is 1. The Hall–Kier alpha value is -2.44. The largest absolute Gasteiger partial charge is 0.346 e. The van der Waals surface area contributed by atoms with Crippen LogP contribution >= 0.6 is 0 Å². The summed E-state index contributed by atoms with van der Waals surface area (Å²) in [6, 6.07) is 15.1. The molecule has 0 bridgehead atoms. The average molecular weight is 439 g/mol. The number of ketones is 1. The van der Waals surface area contributed by atoms with E-state index in [0.29, 0.717) is 36.7 Å². The van der Waals surface area contributed by atoms with Gasteiger partial charge in [0.05, 0.1) is 4.90 Å². The number of nitrogens with zero attached hydrogens (tertiary/aromatic N) is 2. The summed E-state index contributed by atoms with van der Waals surface area (Å²) in [6.45, 7) is 6.42. The summed E-state index contributed by atoms with van der Waals surface area (Å²) >= 11 is 0. The number of aryl methyl sites for hydroxylation is 1. The normalized spacial score (nSPS) is 15.2. The number of fused-ring (bicyclic) bond motifs is 1. The van der Waals surface area contributed by atoms with Gasteiger partial charge in [0.2, 0.25) is 10.0 Å². The van der Waals surface area contributed by atoms with Crippen LogP contribution in [-0.4, -0.2) is 36.2 Å². The van der Waals surface area contributed by atoms with Gasteiger partial charge in [-0.3, -0.25) is 4.79 Å². The first-order valence-corrected chi connectivity index (χ1v) is 12.5. The van der Waals surface area contributed by atoms with Crippen LogP contribution in [0, 0.1) is 5.92 Å². The smallest absolute Gasteiger partial charge is 0.243 e. The number of aromatic nitrogens is 1. The Labute approximate surface area is 184 Å². The van der Waals surface area contributed by atoms with Gasteiger partial charge in [-0.15, -0.1) is 0 Å². The molecular weight excluding hydrogens is 408 g/mol. The minimum Gasteiger partial charge on any atom is -0.346 e. The Morgan fingerprint density at radius 1 is 1.00 bits per heavy atom. The SMILES string of the molecule is CC(C)Cn1cc(C(=O)CCc2ccc(S(=O)(=O)N3CCCC3)cc2)c2ccccc21. The van der Waals surface area contributed by atoms with Gasteiger partial charge in [-0.05, 0) is 48.9 Å². The lowest BCUT2D eigenvalue weighted by atomic mass is 10.0. The first-order chi connectivity index (χ1) is 14.9. The number of hydrogen-bond donors (Lipinski definition) is 0. The van der Waals surface area contributed by atoms with Crippen LogP contribution in [0.1, 0.15) is 49.0 Å². The molecule has 4 rings (SSSR count). The molecule has 2 heterocycles. The topological polar surface area (TPSA) is 59.4 Å². The van der Waals surface area contributed by atoms with Crippen LogP contribution in [0.15, 0.2) is 59.6 Å². The molecule has 3 aromatic rings. The third kappa shape index (κ3) is 4.60. The average Bonchev–Trinajstić information content (AvgIpc) is 3.42. The summed E-state index contributed by atoms with van der Waals surface area (Å²) in [5.74, 6) is 0.613. The molecule has 0 atom stereocenters. The molecule has 0 unspecified atom stereocenters. The third-order valence-corrected chi connectivity index (χ3v) is 7.83. The first-order valence-electron chi connectivity index (χ1n) is 11.1. The molecule has 0 spiro atoms. The molecule has 1 saturated heterocycles. The van der Waals surface area contributed by atoms with E-state index in [2.05, 4.69) is 24.5 Å². The highest BCUT2D eigenvalue weighted by Gasteiger charge is 2.27. The maximum atomic E-state index is 13.0. The minimum absolute atomic E-state index is 0.118. The Morgan fingerprint density at radius 2 is 1.68 bits per heavy atom. The van der Waals surface area contributed by atoms with Crippen molar-refractivity contribution in [2.45, 2.75) is 51.0 Å². The van der Waals surface area contributed by atoms with Crippen molar-refractivity contribution in [3.63, 3.8) is 0 Å². The molecule has 164 valence electrons. The van der Waals surface area contributed by atoms with Gasteiger partial charge in [0.25, 0.3) is 0 Å². The highest BCUT2D eigenvalue weighted by Crippen LogP contribution is 2.25. The van der Waals surface area contributed by atoms with Crippen LogP contribution in [-0.2, 0) is 23.0 Å². The predicted molar refractivity (Wildman–Crippen MR) is 124 cm³/mol. The number of benzene rings is 2. The molecule has 0 saturated carbocycles. The molecule has 0 aliphatic carbocycles. The van der Waals surface area contributed by atoms with E-state index in [9.17, 15) is 13.2 Å². The van der Waals surface area contributed by atoms with E-state index in [1.807, 2.05) is 36.5 Å². The maximum Gasteiger partial charge on any atom is 0.243 e. The van der Waals surface area contributed by atoms with Crippen LogP contribution in [0.2, 0.25) is 0 Å². The molecule has 0 radical (unpaired) electrons. The molecule has 1 aliphatic rings. The minimum atomic E-state index is -3.40. The standard InChI is InChI=1S/C25H30N2O3S/c1-19(2)17-26-18-23(22-7-3-4-8-24(22)26)25(28)14-11-20-9-12-21(13-10-20)31(29,30)27-15-5-6-16-27/h3-4,7-10,12-13,18-19H,5-6,11,14-17H2,1-2H3. The second kappa shape index (κ2) is 8.97. The van der Waals surface area contributed by atoms with Crippen molar-refractivity contribution in [1.29, 1.82) is 0 Å². The van der Waals surface area contributed by atoms with Crippen LogP contribution in [0.3, 0.4) is 0 Å². The molecule has 5 nitrogen and oxygen atoms in total. The van der Waals surface area contributed by atoms with Crippen molar-refractivity contribution >= 4 is 26.7 Å². The Balaban J connectivity index is 1.47. The third-order valence-electron chi connectivity index (χ3n) is 5.92. The van der Waals surface area contributed by atoms with Crippen LogP contribution in [0.5, 0.6) is 0 Å². The maximum absolute atomic E-state index is 13.0. The van der Waals surface area contributed by atoms with Gasteiger partial charge in [0.1, 0.15) is 0 Å². The van der Waals surface area contributed by atoms with Crippen molar-refractivity contribution in [1.82, 2.24) is 8.87 Å². The summed E-state index contributed by atoms with van der Waals surface area (Å²) in [4.78, 5) is 13.3. The molecule has 31 heavy (non-hydrogen) atoms. The van der Waals surface area contributed by atoms with Crippen molar-refractivity contribution in [2.24, 2.45) is 5.92 Å². The van der Waals surface area contributed by atoms with Crippen molar-refractivity contribution in [3.05, 3.63) is 65.9 Å². The summed E-state index contributed by atoms with van der Waals surface area (Å²) in [5.41, 5.74) is 2.83. The van der Waals surface area contributed by atoms with Gasteiger partial charge >= 0.3 is 0 Å². The number of Topliss-reactive ketones (excluding diaryl/α,β-unsaturated/α-hetero) is 1. The summed E-state index contributed by atoms with van der Waals surface area (Å²) in [5, 5.41) is 1.00. The van der Waals surface area contributed by atoms with Gasteiger partial charge in [0.15, 0.2) is 5.78 Å². The molecule has 2 aromatic carbocycles. The fourth-order valence-electron chi connectivity index (χ4n) is 4.31. The lowest BCUT2D eigenvalue weighted by molar-refractivity contribution is 0.0984. The second-order valence-corrected chi connectivity index (χ2v) is 10.7. The number of carbonyl (C=O) groups is 1. The quantitative estimate of drug-likeness (QED) is 0.470. The lowest BCUT2D eigenvalue weighted by Crippen LogP contribution is -2.27. The highest BCUT2D eigenvalue weighted by molar-refractivity contribution is 7.89.